The zero-order valence-corrected chi connectivity index (χ0v) is 9.40. The molecule has 0 amide bonds. The molecular weight excluding hydrogens is 216 g/mol. The Balaban J connectivity index is 2.92. The topological polar surface area (TPSA) is 83.4 Å². The molecule has 0 heterocycles. The second-order valence-electron chi connectivity index (χ2n) is 2.89. The highest BCUT2D eigenvalue weighted by Gasteiger charge is 1.99. The number of benzene rings is 1. The summed E-state index contributed by atoms with van der Waals surface area (Å²) < 4.78 is 5.04. The van der Waals surface area contributed by atoms with Crippen LogP contribution in [0.3, 0.4) is 0 Å². The zero-order valence-electron chi connectivity index (χ0n) is 9.40. The van der Waals surface area contributed by atoms with E-state index < -0.39 is 0 Å². The molecule has 86 valence electrons. The Bertz CT molecular complexity index is 505. The molecule has 0 aromatic heterocycles. The molecule has 0 aliphatic heterocycles. The van der Waals surface area contributed by atoms with Gasteiger partial charge in [0.15, 0.2) is 6.07 Å². The summed E-state index contributed by atoms with van der Waals surface area (Å²) in [6.07, 6.45) is 0. The van der Waals surface area contributed by atoms with Crippen molar-refractivity contribution in [2.24, 2.45) is 10.7 Å². The predicted molar refractivity (Wildman–Crippen MR) is 66.4 cm³/mol. The number of ether oxygens (including phenoxy) is 1. The average Bonchev–Trinajstić information content (AvgIpc) is 2.32. The molecule has 1 rings (SSSR count). The van der Waals surface area contributed by atoms with Gasteiger partial charge in [0.05, 0.1) is 18.0 Å². The maximum Gasteiger partial charge on any atom is 0.287 e. The molecule has 5 heteroatoms. The first-order chi connectivity index (χ1) is 8.27. The van der Waals surface area contributed by atoms with Gasteiger partial charge in [0, 0.05) is 12.0 Å². The minimum absolute atomic E-state index is 0.0926. The van der Waals surface area contributed by atoms with E-state index in [1.54, 1.807) is 18.2 Å². The molecule has 0 aliphatic carbocycles. The van der Waals surface area contributed by atoms with Crippen LogP contribution in [-0.4, -0.2) is 12.6 Å². The summed E-state index contributed by atoms with van der Waals surface area (Å²) in [5.74, 6) is 2.24. The molecule has 0 spiro atoms. The van der Waals surface area contributed by atoms with Gasteiger partial charge in [0.1, 0.15) is 0 Å². The Morgan fingerprint density at radius 1 is 1.53 bits per heavy atom. The van der Waals surface area contributed by atoms with Crippen molar-refractivity contribution in [1.82, 2.24) is 0 Å². The van der Waals surface area contributed by atoms with Gasteiger partial charge < -0.3 is 15.8 Å². The van der Waals surface area contributed by atoms with Crippen LogP contribution in [0.25, 0.3) is 0 Å². The molecule has 0 saturated carbocycles. The highest BCUT2D eigenvalue weighted by Crippen LogP contribution is 2.23. The Hall–Kier alpha value is -2.66. The summed E-state index contributed by atoms with van der Waals surface area (Å²) in [4.78, 5) is 4.09. The van der Waals surface area contributed by atoms with Crippen molar-refractivity contribution in [2.75, 3.05) is 11.9 Å². The van der Waals surface area contributed by atoms with Crippen molar-refractivity contribution in [1.29, 1.82) is 5.26 Å². The first kappa shape index (κ1) is 12.4. The molecule has 1 aromatic carbocycles. The summed E-state index contributed by atoms with van der Waals surface area (Å²) in [5.41, 5.74) is 6.82. The number of nitrogens with two attached hydrogens (primary N) is 1. The lowest BCUT2D eigenvalue weighted by atomic mass is 10.3. The second kappa shape index (κ2) is 6.76. The standard InChI is InChI=1S/C12H12N4O/c1-2-17-12(14)16-11-7-4-3-6-10(11)15-9-5-8-13/h3-4,6-7,15H,2H2,1H3,(H2,14,16). The molecule has 0 aliphatic rings. The maximum absolute atomic E-state index is 8.30. The van der Waals surface area contributed by atoms with Crippen molar-refractivity contribution in [3.8, 4) is 18.0 Å². The summed E-state index contributed by atoms with van der Waals surface area (Å²) in [7, 11) is 0. The largest absolute Gasteiger partial charge is 0.465 e. The predicted octanol–water partition coefficient (Wildman–Crippen LogP) is 1.57. The molecule has 0 saturated heterocycles. The van der Waals surface area contributed by atoms with E-state index in [0.717, 1.165) is 0 Å². The van der Waals surface area contributed by atoms with Gasteiger partial charge in [-0.15, -0.1) is 0 Å². The third-order valence-corrected chi connectivity index (χ3v) is 1.74. The smallest absolute Gasteiger partial charge is 0.287 e. The van der Waals surface area contributed by atoms with Gasteiger partial charge in [-0.3, -0.25) is 0 Å². The summed E-state index contributed by atoms with van der Waals surface area (Å²) in [5, 5.41) is 11.1. The van der Waals surface area contributed by atoms with Gasteiger partial charge in [-0.1, -0.05) is 12.1 Å². The van der Waals surface area contributed by atoms with Crippen molar-refractivity contribution in [3.63, 3.8) is 0 Å². The minimum Gasteiger partial charge on any atom is -0.465 e. The van der Waals surface area contributed by atoms with Gasteiger partial charge in [-0.2, -0.15) is 10.3 Å². The number of amidine groups is 1. The number of nitrogens with one attached hydrogen (secondary N) is 1. The van der Waals surface area contributed by atoms with Gasteiger partial charge in [0.2, 0.25) is 0 Å². The van der Waals surface area contributed by atoms with E-state index in [9.17, 15) is 0 Å². The van der Waals surface area contributed by atoms with E-state index in [-0.39, 0.29) is 6.02 Å². The lowest BCUT2D eigenvalue weighted by Crippen LogP contribution is -2.15. The average molecular weight is 228 g/mol. The fraction of sp³-hybridized carbons (Fsp3) is 0.167. The SMILES string of the molecule is CCOC(N)=Nc1ccccc1NC#CC#N. The second-order valence-corrected chi connectivity index (χ2v) is 2.89. The molecule has 1 aromatic rings. The number of anilines is 1. The Morgan fingerprint density at radius 3 is 3.00 bits per heavy atom. The number of rotatable bonds is 3. The van der Waals surface area contributed by atoms with E-state index in [0.29, 0.717) is 18.0 Å². The fourth-order valence-electron chi connectivity index (χ4n) is 1.10. The molecule has 0 bridgehead atoms. The lowest BCUT2D eigenvalue weighted by Gasteiger charge is -2.05. The number of nitriles is 1. The zero-order chi connectivity index (χ0) is 12.5. The lowest BCUT2D eigenvalue weighted by molar-refractivity contribution is 0.322. The maximum atomic E-state index is 8.30. The highest BCUT2D eigenvalue weighted by atomic mass is 16.5. The first-order valence-corrected chi connectivity index (χ1v) is 4.99. The van der Waals surface area contributed by atoms with Crippen LogP contribution in [0.4, 0.5) is 11.4 Å². The van der Waals surface area contributed by atoms with Crippen molar-refractivity contribution in [3.05, 3.63) is 24.3 Å². The third kappa shape index (κ3) is 4.15. The van der Waals surface area contributed by atoms with Crippen LogP contribution in [0.15, 0.2) is 29.3 Å². The van der Waals surface area contributed by atoms with E-state index in [1.165, 1.54) is 0 Å². The van der Waals surface area contributed by atoms with Crippen LogP contribution in [0.5, 0.6) is 0 Å². The van der Waals surface area contributed by atoms with Gasteiger partial charge in [-0.05, 0) is 19.1 Å². The van der Waals surface area contributed by atoms with Crippen LogP contribution in [0, 0.1) is 23.3 Å². The van der Waals surface area contributed by atoms with Gasteiger partial charge in [-0.25, -0.2) is 0 Å². The molecule has 0 fully saturated rings. The van der Waals surface area contributed by atoms with Gasteiger partial charge in [0.25, 0.3) is 6.02 Å². The monoisotopic (exact) mass is 228 g/mol. The van der Waals surface area contributed by atoms with E-state index in [1.807, 2.05) is 19.1 Å². The molecule has 0 atom stereocenters. The summed E-state index contributed by atoms with van der Waals surface area (Å²) in [6, 6.07) is 11.5. The minimum atomic E-state index is 0.0926. The molecule has 0 radical (unpaired) electrons. The molecular formula is C12H12N4O. The van der Waals surface area contributed by atoms with Crippen LogP contribution >= 0.6 is 0 Å². The number of hydrogen-bond donors (Lipinski definition) is 2. The highest BCUT2D eigenvalue weighted by molar-refractivity contribution is 5.79. The van der Waals surface area contributed by atoms with Crippen molar-refractivity contribution < 1.29 is 4.74 Å². The molecule has 5 nitrogen and oxygen atoms in total. The number of nitrogens with zero attached hydrogens (tertiary/aromatic N) is 2. The summed E-state index contributed by atoms with van der Waals surface area (Å²) in [6.45, 7) is 2.28. The Morgan fingerprint density at radius 2 is 2.29 bits per heavy atom. The quantitative estimate of drug-likeness (QED) is 0.356. The molecule has 3 N–H and O–H groups in total. The molecule has 17 heavy (non-hydrogen) atoms. The van der Waals surface area contributed by atoms with Crippen LogP contribution in [-0.2, 0) is 4.74 Å². The van der Waals surface area contributed by atoms with Crippen LogP contribution < -0.4 is 11.1 Å². The third-order valence-electron chi connectivity index (χ3n) is 1.74. The Kier molecular flexibility index (Phi) is 4.93. The summed E-state index contributed by atoms with van der Waals surface area (Å²) >= 11 is 0. The fourth-order valence-corrected chi connectivity index (χ4v) is 1.10. The molecule has 0 unspecified atom stereocenters. The van der Waals surface area contributed by atoms with Crippen molar-refractivity contribution >= 4 is 17.4 Å². The van der Waals surface area contributed by atoms with Crippen LogP contribution in [0.2, 0.25) is 0 Å². The van der Waals surface area contributed by atoms with E-state index >= 15 is 0 Å². The van der Waals surface area contributed by atoms with Crippen LogP contribution in [0.1, 0.15) is 6.92 Å². The van der Waals surface area contributed by atoms with Gasteiger partial charge >= 0.3 is 0 Å². The van der Waals surface area contributed by atoms with E-state index in [2.05, 4.69) is 22.3 Å². The van der Waals surface area contributed by atoms with Crippen molar-refractivity contribution in [2.45, 2.75) is 6.92 Å². The number of para-hydroxylation sites is 2. The normalized spacial score (nSPS) is 9.76. The number of hydrogen-bond acceptors (Lipinski definition) is 4. The number of aliphatic imine (C=N–C) groups is 1. The Labute approximate surface area is 99.9 Å². The van der Waals surface area contributed by atoms with E-state index in [4.69, 9.17) is 15.7 Å². The first-order valence-electron chi connectivity index (χ1n) is 4.99.